The molecule has 0 N–H and O–H groups in total. The van der Waals surface area contributed by atoms with E-state index in [9.17, 15) is 0 Å². The molecule has 1 nitrogen and oxygen atoms in total. The Balaban J connectivity index is 2.65. The van der Waals surface area contributed by atoms with Crippen molar-refractivity contribution in [3.05, 3.63) is 48.0 Å². The molecule has 0 aliphatic heterocycles. The van der Waals surface area contributed by atoms with Crippen LogP contribution in [0.2, 0.25) is 0 Å². The molecule has 0 aliphatic carbocycles. The molecular formula is C20H32O. The molecule has 1 rings (SSSR count). The van der Waals surface area contributed by atoms with E-state index in [0.29, 0.717) is 18.6 Å². The second-order valence-electron chi connectivity index (χ2n) is 7.52. The highest BCUT2D eigenvalue weighted by Crippen LogP contribution is 2.34. The number of hydrogen-bond donors (Lipinski definition) is 0. The lowest BCUT2D eigenvalue weighted by atomic mass is 9.73. The van der Waals surface area contributed by atoms with Gasteiger partial charge in [-0.3, -0.25) is 0 Å². The van der Waals surface area contributed by atoms with Crippen LogP contribution in [0.3, 0.4) is 0 Å². The Kier molecular flexibility index (Phi) is 7.17. The summed E-state index contributed by atoms with van der Waals surface area (Å²) >= 11 is 0. The van der Waals surface area contributed by atoms with Crippen molar-refractivity contribution in [2.24, 2.45) is 17.3 Å². The summed E-state index contributed by atoms with van der Waals surface area (Å²) in [6.07, 6.45) is 4.23. The van der Waals surface area contributed by atoms with Crippen LogP contribution in [0.5, 0.6) is 0 Å². The van der Waals surface area contributed by atoms with Gasteiger partial charge in [-0.1, -0.05) is 65.0 Å². The Morgan fingerprint density at radius 1 is 1.10 bits per heavy atom. The van der Waals surface area contributed by atoms with E-state index in [1.807, 2.05) is 0 Å². The minimum Gasteiger partial charge on any atom is -0.373 e. The average Bonchev–Trinajstić information content (AvgIpc) is 2.39. The molecule has 1 unspecified atom stereocenters. The topological polar surface area (TPSA) is 9.23 Å². The fraction of sp³-hybridized carbons (Fsp3) is 0.600. The van der Waals surface area contributed by atoms with E-state index in [4.69, 9.17) is 4.74 Å². The lowest BCUT2D eigenvalue weighted by molar-refractivity contribution is 0.149. The average molecular weight is 288 g/mol. The van der Waals surface area contributed by atoms with E-state index in [2.05, 4.69) is 65.5 Å². The van der Waals surface area contributed by atoms with E-state index in [-0.39, 0.29) is 0 Å². The quantitative estimate of drug-likeness (QED) is 0.444. The van der Waals surface area contributed by atoms with Gasteiger partial charge >= 0.3 is 0 Å². The largest absolute Gasteiger partial charge is 0.373 e. The van der Waals surface area contributed by atoms with Crippen LogP contribution in [0.25, 0.3) is 0 Å². The van der Waals surface area contributed by atoms with Crippen LogP contribution in [-0.4, -0.2) is 6.61 Å². The van der Waals surface area contributed by atoms with Gasteiger partial charge in [0.2, 0.25) is 0 Å². The van der Waals surface area contributed by atoms with Gasteiger partial charge in [0.05, 0.1) is 13.2 Å². The van der Waals surface area contributed by atoms with Crippen LogP contribution < -0.4 is 0 Å². The highest BCUT2D eigenvalue weighted by molar-refractivity contribution is 5.22. The molecule has 21 heavy (non-hydrogen) atoms. The Labute approximate surface area is 131 Å². The number of ether oxygens (including phenoxy) is 1. The van der Waals surface area contributed by atoms with Gasteiger partial charge in [0.15, 0.2) is 0 Å². The molecule has 0 heterocycles. The fourth-order valence-corrected chi connectivity index (χ4v) is 2.63. The monoisotopic (exact) mass is 288 g/mol. The van der Waals surface area contributed by atoms with Gasteiger partial charge in [-0.05, 0) is 41.2 Å². The maximum absolute atomic E-state index is 5.48. The molecule has 0 fully saturated rings. The molecule has 1 atom stereocenters. The molecule has 0 aliphatic rings. The normalized spacial score (nSPS) is 13.4. The van der Waals surface area contributed by atoms with Crippen molar-refractivity contribution in [2.45, 2.75) is 54.1 Å². The Hall–Kier alpha value is -1.08. The maximum Gasteiger partial charge on any atom is 0.0721 e. The Morgan fingerprint density at radius 2 is 1.67 bits per heavy atom. The van der Waals surface area contributed by atoms with Gasteiger partial charge < -0.3 is 4.74 Å². The molecule has 0 aromatic heterocycles. The van der Waals surface area contributed by atoms with Crippen LogP contribution in [0.4, 0.5) is 0 Å². The van der Waals surface area contributed by atoms with Crippen molar-refractivity contribution in [1.29, 1.82) is 0 Å². The van der Waals surface area contributed by atoms with Crippen LogP contribution >= 0.6 is 0 Å². The van der Waals surface area contributed by atoms with Crippen molar-refractivity contribution in [2.75, 3.05) is 6.61 Å². The van der Waals surface area contributed by atoms with E-state index in [0.717, 1.165) is 18.3 Å². The molecule has 0 amide bonds. The molecule has 1 aromatic carbocycles. The van der Waals surface area contributed by atoms with Crippen molar-refractivity contribution in [3.63, 3.8) is 0 Å². The van der Waals surface area contributed by atoms with Crippen LogP contribution in [0.1, 0.15) is 52.2 Å². The summed E-state index contributed by atoms with van der Waals surface area (Å²) in [6, 6.07) is 8.89. The van der Waals surface area contributed by atoms with Crippen LogP contribution in [0, 0.1) is 17.3 Å². The third kappa shape index (κ3) is 6.95. The van der Waals surface area contributed by atoms with E-state index >= 15 is 0 Å². The van der Waals surface area contributed by atoms with Gasteiger partial charge in [-0.25, -0.2) is 0 Å². The summed E-state index contributed by atoms with van der Waals surface area (Å²) in [5.74, 6) is 1.47. The maximum atomic E-state index is 5.48. The second-order valence-corrected chi connectivity index (χ2v) is 7.52. The molecule has 0 bridgehead atoms. The summed E-state index contributed by atoms with van der Waals surface area (Å²) in [5.41, 5.74) is 3.02. The molecule has 1 aromatic rings. The third-order valence-corrected chi connectivity index (χ3v) is 3.99. The smallest absolute Gasteiger partial charge is 0.0721 e. The zero-order valence-electron chi connectivity index (χ0n) is 14.5. The summed E-state index contributed by atoms with van der Waals surface area (Å²) in [5, 5.41) is 0. The number of rotatable bonds is 8. The molecular weight excluding hydrogens is 256 g/mol. The summed E-state index contributed by atoms with van der Waals surface area (Å²) < 4.78 is 5.48. The van der Waals surface area contributed by atoms with E-state index < -0.39 is 0 Å². The molecule has 0 spiro atoms. The predicted octanol–water partition coefficient (Wildman–Crippen LogP) is 5.64. The summed E-state index contributed by atoms with van der Waals surface area (Å²) in [7, 11) is 0. The molecule has 118 valence electrons. The fourth-order valence-electron chi connectivity index (χ4n) is 2.63. The Bertz CT molecular complexity index is 408. The molecule has 0 saturated carbocycles. The Morgan fingerprint density at radius 3 is 2.14 bits per heavy atom. The minimum atomic E-state index is 0.357. The lowest BCUT2D eigenvalue weighted by Gasteiger charge is -2.32. The van der Waals surface area contributed by atoms with Crippen molar-refractivity contribution in [3.8, 4) is 0 Å². The summed E-state index contributed by atoms with van der Waals surface area (Å²) in [4.78, 5) is 0. The summed E-state index contributed by atoms with van der Waals surface area (Å²) in [6.45, 7) is 16.7. The van der Waals surface area contributed by atoms with Crippen LogP contribution in [0.15, 0.2) is 36.9 Å². The van der Waals surface area contributed by atoms with E-state index in [1.165, 1.54) is 17.5 Å². The van der Waals surface area contributed by atoms with Crippen molar-refractivity contribution >= 4 is 0 Å². The first-order valence-electron chi connectivity index (χ1n) is 8.09. The SMILES string of the molecule is C=CCOCc1ccc(CC(CC(C)C)C(C)(C)C)cc1. The van der Waals surface area contributed by atoms with Gasteiger partial charge in [-0.15, -0.1) is 6.58 Å². The van der Waals surface area contributed by atoms with Crippen molar-refractivity contribution in [1.82, 2.24) is 0 Å². The molecule has 0 saturated heterocycles. The highest BCUT2D eigenvalue weighted by atomic mass is 16.5. The zero-order valence-corrected chi connectivity index (χ0v) is 14.5. The number of benzene rings is 1. The number of hydrogen-bond acceptors (Lipinski definition) is 1. The first-order valence-corrected chi connectivity index (χ1v) is 8.09. The minimum absolute atomic E-state index is 0.357. The first kappa shape index (κ1) is 18.0. The van der Waals surface area contributed by atoms with Gasteiger partial charge in [0.1, 0.15) is 0 Å². The first-order chi connectivity index (χ1) is 9.82. The zero-order chi connectivity index (χ0) is 15.9. The third-order valence-electron chi connectivity index (χ3n) is 3.99. The van der Waals surface area contributed by atoms with E-state index in [1.54, 1.807) is 6.08 Å². The molecule has 1 heteroatoms. The standard InChI is InChI=1S/C20H32O/c1-7-12-21-15-18-10-8-17(9-11-18)14-19(13-16(2)3)20(4,5)6/h7-11,16,19H,1,12-15H2,2-6H3. The lowest BCUT2D eigenvalue weighted by Crippen LogP contribution is -2.24. The van der Waals surface area contributed by atoms with Gasteiger partial charge in [0.25, 0.3) is 0 Å². The van der Waals surface area contributed by atoms with Crippen LogP contribution in [-0.2, 0) is 17.8 Å². The molecule has 0 radical (unpaired) electrons. The van der Waals surface area contributed by atoms with Gasteiger partial charge in [-0.2, -0.15) is 0 Å². The van der Waals surface area contributed by atoms with Gasteiger partial charge in [0, 0.05) is 0 Å². The second kappa shape index (κ2) is 8.38. The highest BCUT2D eigenvalue weighted by Gasteiger charge is 2.25. The predicted molar refractivity (Wildman–Crippen MR) is 92.4 cm³/mol. The van der Waals surface area contributed by atoms with Crippen molar-refractivity contribution < 1.29 is 4.74 Å².